The Balaban J connectivity index is 1.63. The van der Waals surface area contributed by atoms with E-state index in [1.807, 2.05) is 60.0 Å². The van der Waals surface area contributed by atoms with Crippen LogP contribution in [0.3, 0.4) is 0 Å². The summed E-state index contributed by atoms with van der Waals surface area (Å²) in [6.45, 7) is 0. The molecule has 0 saturated heterocycles. The second-order valence-corrected chi connectivity index (χ2v) is 5.82. The first-order valence-electron chi connectivity index (χ1n) is 7.18. The molecular weight excluding hydrogens is 308 g/mol. The van der Waals surface area contributed by atoms with Gasteiger partial charge in [0.05, 0.1) is 19.2 Å². The third kappa shape index (κ3) is 3.96. The number of carbonyl (C=O) groups excluding carboxylic acids is 1. The zero-order chi connectivity index (χ0) is 16.1. The molecule has 0 aliphatic heterocycles. The summed E-state index contributed by atoms with van der Waals surface area (Å²) in [5, 5.41) is 5.72. The Bertz CT molecular complexity index is 782. The van der Waals surface area contributed by atoms with Gasteiger partial charge < -0.3 is 10.1 Å². The minimum Gasteiger partial charge on any atom is -0.497 e. The average molecular weight is 324 g/mol. The Morgan fingerprint density at radius 1 is 1.13 bits per heavy atom. The first kappa shape index (κ1) is 15.2. The lowest BCUT2D eigenvalue weighted by molar-refractivity contribution is -0.115. The summed E-state index contributed by atoms with van der Waals surface area (Å²) in [5.41, 5.74) is 2.59. The Hall–Kier alpha value is -2.66. The number of methoxy groups -OCH3 is 1. The van der Waals surface area contributed by atoms with E-state index in [1.54, 1.807) is 18.4 Å². The van der Waals surface area contributed by atoms with Gasteiger partial charge in [-0.25, -0.2) is 4.98 Å². The summed E-state index contributed by atoms with van der Waals surface area (Å²) in [5.74, 6) is 0.676. The molecule has 1 amide bonds. The van der Waals surface area contributed by atoms with Crippen LogP contribution >= 0.6 is 11.3 Å². The van der Waals surface area contributed by atoms with Gasteiger partial charge >= 0.3 is 0 Å². The summed E-state index contributed by atoms with van der Waals surface area (Å²) < 4.78 is 5.09. The monoisotopic (exact) mass is 324 g/mol. The molecule has 2 aromatic carbocycles. The van der Waals surface area contributed by atoms with Crippen LogP contribution in [0.4, 0.5) is 5.69 Å². The van der Waals surface area contributed by atoms with Crippen LogP contribution in [0.2, 0.25) is 0 Å². The van der Waals surface area contributed by atoms with Crippen LogP contribution in [0.25, 0.3) is 10.6 Å². The van der Waals surface area contributed by atoms with E-state index in [4.69, 9.17) is 4.74 Å². The first-order valence-corrected chi connectivity index (χ1v) is 8.06. The molecule has 4 nitrogen and oxygen atoms in total. The maximum atomic E-state index is 12.1. The Kier molecular flexibility index (Phi) is 4.68. The van der Waals surface area contributed by atoms with Crippen molar-refractivity contribution in [1.82, 2.24) is 4.98 Å². The number of aromatic nitrogens is 1. The molecule has 23 heavy (non-hydrogen) atoms. The third-order valence-corrected chi connectivity index (χ3v) is 4.23. The zero-order valence-electron chi connectivity index (χ0n) is 12.7. The SMILES string of the molecule is COc1ccc(NC(=O)Cc2csc(-c3ccccc3)n2)cc1. The molecule has 0 fully saturated rings. The van der Waals surface area contributed by atoms with Crippen LogP contribution in [0, 0.1) is 0 Å². The fourth-order valence-electron chi connectivity index (χ4n) is 2.15. The van der Waals surface area contributed by atoms with Crippen molar-refractivity contribution in [2.45, 2.75) is 6.42 Å². The lowest BCUT2D eigenvalue weighted by Crippen LogP contribution is -2.14. The molecule has 0 saturated carbocycles. The number of thiazole rings is 1. The lowest BCUT2D eigenvalue weighted by Gasteiger charge is -2.05. The Labute approximate surface area is 138 Å². The van der Waals surface area contributed by atoms with E-state index < -0.39 is 0 Å². The van der Waals surface area contributed by atoms with Crippen molar-refractivity contribution >= 4 is 22.9 Å². The van der Waals surface area contributed by atoms with Gasteiger partial charge in [-0.05, 0) is 24.3 Å². The molecule has 1 aromatic heterocycles. The van der Waals surface area contributed by atoms with Gasteiger partial charge in [0, 0.05) is 16.6 Å². The molecule has 0 spiro atoms. The number of nitrogens with one attached hydrogen (secondary N) is 1. The van der Waals surface area contributed by atoms with Crippen molar-refractivity contribution in [3.05, 3.63) is 65.7 Å². The summed E-state index contributed by atoms with van der Waals surface area (Å²) in [4.78, 5) is 16.6. The molecule has 0 atom stereocenters. The normalized spacial score (nSPS) is 10.3. The van der Waals surface area contributed by atoms with Crippen molar-refractivity contribution < 1.29 is 9.53 Å². The molecule has 1 heterocycles. The number of hydrogen-bond donors (Lipinski definition) is 1. The smallest absolute Gasteiger partial charge is 0.230 e. The molecule has 3 rings (SSSR count). The first-order chi connectivity index (χ1) is 11.2. The number of carbonyl (C=O) groups is 1. The largest absolute Gasteiger partial charge is 0.497 e. The number of hydrogen-bond acceptors (Lipinski definition) is 4. The summed E-state index contributed by atoms with van der Waals surface area (Å²) in [6, 6.07) is 17.2. The van der Waals surface area contributed by atoms with E-state index in [2.05, 4.69) is 10.3 Å². The van der Waals surface area contributed by atoms with Gasteiger partial charge in [-0.1, -0.05) is 30.3 Å². The highest BCUT2D eigenvalue weighted by Gasteiger charge is 2.09. The topological polar surface area (TPSA) is 51.2 Å². The fourth-order valence-corrected chi connectivity index (χ4v) is 2.97. The molecule has 5 heteroatoms. The minimum atomic E-state index is -0.0833. The van der Waals surface area contributed by atoms with Gasteiger partial charge in [-0.2, -0.15) is 0 Å². The lowest BCUT2D eigenvalue weighted by atomic mass is 10.2. The molecule has 0 aliphatic rings. The van der Waals surface area contributed by atoms with E-state index in [0.717, 1.165) is 27.7 Å². The van der Waals surface area contributed by atoms with Gasteiger partial charge in [0.2, 0.25) is 5.91 Å². The number of anilines is 1. The summed E-state index contributed by atoms with van der Waals surface area (Å²) in [7, 11) is 1.61. The minimum absolute atomic E-state index is 0.0833. The standard InChI is InChI=1S/C18H16N2O2S/c1-22-16-9-7-14(8-10-16)19-17(21)11-15-12-23-18(20-15)13-5-3-2-4-6-13/h2-10,12H,11H2,1H3,(H,19,21). The number of amides is 1. The highest BCUT2D eigenvalue weighted by molar-refractivity contribution is 7.13. The van der Waals surface area contributed by atoms with Gasteiger partial charge in [0.15, 0.2) is 0 Å². The second kappa shape index (κ2) is 7.07. The van der Waals surface area contributed by atoms with E-state index >= 15 is 0 Å². The van der Waals surface area contributed by atoms with Crippen LogP contribution in [0.15, 0.2) is 60.0 Å². The highest BCUT2D eigenvalue weighted by Crippen LogP contribution is 2.23. The van der Waals surface area contributed by atoms with Crippen LogP contribution in [0.5, 0.6) is 5.75 Å². The van der Waals surface area contributed by atoms with E-state index in [0.29, 0.717) is 0 Å². The van der Waals surface area contributed by atoms with Crippen molar-refractivity contribution in [2.24, 2.45) is 0 Å². The van der Waals surface area contributed by atoms with E-state index in [-0.39, 0.29) is 12.3 Å². The number of benzene rings is 2. The van der Waals surface area contributed by atoms with Crippen molar-refractivity contribution in [3.8, 4) is 16.3 Å². The van der Waals surface area contributed by atoms with Gasteiger partial charge in [-0.3, -0.25) is 4.79 Å². The molecule has 3 aromatic rings. The molecule has 0 unspecified atom stereocenters. The van der Waals surface area contributed by atoms with Crippen molar-refractivity contribution in [3.63, 3.8) is 0 Å². The Morgan fingerprint density at radius 3 is 2.57 bits per heavy atom. The van der Waals surface area contributed by atoms with E-state index in [9.17, 15) is 4.79 Å². The molecule has 0 aliphatic carbocycles. The molecule has 116 valence electrons. The zero-order valence-corrected chi connectivity index (χ0v) is 13.5. The average Bonchev–Trinajstić information content (AvgIpc) is 3.04. The highest BCUT2D eigenvalue weighted by atomic mass is 32.1. The van der Waals surface area contributed by atoms with Crippen molar-refractivity contribution in [2.75, 3.05) is 12.4 Å². The third-order valence-electron chi connectivity index (χ3n) is 3.29. The number of nitrogens with zero attached hydrogens (tertiary/aromatic N) is 1. The molecule has 0 radical (unpaired) electrons. The van der Waals surface area contributed by atoms with E-state index in [1.165, 1.54) is 0 Å². The Morgan fingerprint density at radius 2 is 1.87 bits per heavy atom. The maximum Gasteiger partial charge on any atom is 0.230 e. The van der Waals surface area contributed by atoms with Crippen LogP contribution in [-0.4, -0.2) is 18.0 Å². The number of ether oxygens (including phenoxy) is 1. The maximum absolute atomic E-state index is 12.1. The van der Waals surface area contributed by atoms with Crippen LogP contribution in [-0.2, 0) is 11.2 Å². The predicted octanol–water partition coefficient (Wildman–Crippen LogP) is 4.00. The summed E-state index contributed by atoms with van der Waals surface area (Å²) >= 11 is 1.55. The van der Waals surface area contributed by atoms with Crippen LogP contribution in [0.1, 0.15) is 5.69 Å². The molecular formula is C18H16N2O2S. The predicted molar refractivity (Wildman–Crippen MR) is 92.9 cm³/mol. The van der Waals surface area contributed by atoms with Gasteiger partial charge in [0.25, 0.3) is 0 Å². The molecule has 1 N–H and O–H groups in total. The molecule has 0 bridgehead atoms. The quantitative estimate of drug-likeness (QED) is 0.772. The second-order valence-electron chi connectivity index (χ2n) is 4.96. The van der Waals surface area contributed by atoms with Gasteiger partial charge in [0.1, 0.15) is 10.8 Å². The van der Waals surface area contributed by atoms with Crippen LogP contribution < -0.4 is 10.1 Å². The van der Waals surface area contributed by atoms with Gasteiger partial charge in [-0.15, -0.1) is 11.3 Å². The summed E-state index contributed by atoms with van der Waals surface area (Å²) in [6.07, 6.45) is 0.259. The number of rotatable bonds is 5. The fraction of sp³-hybridized carbons (Fsp3) is 0.111. The van der Waals surface area contributed by atoms with Crippen molar-refractivity contribution in [1.29, 1.82) is 0 Å².